The number of aliphatic hydroxyl groups is 1. The monoisotopic (exact) mass is 501 g/mol. The standard InChI is InChI=1S/C25H27NO10/c1-12-5-8-17(26-12)24(30)36-23-21(29)25(33-13(2)22(23)32-4)34-15-6-7-16-14(9-19(27)31-3)10-20(28)35-18(16)11-15/h5-8,10-11,13,21-23,25-26,29H,9H2,1-4H3/t13-,21+,22-,23-,25-/m0/s1. The van der Waals surface area contributed by atoms with Crippen LogP contribution in [0.3, 0.4) is 0 Å². The van der Waals surface area contributed by atoms with Gasteiger partial charge in [0.2, 0.25) is 6.29 Å². The number of aromatic nitrogens is 1. The highest BCUT2D eigenvalue weighted by Gasteiger charge is 2.47. The number of rotatable bonds is 7. The van der Waals surface area contributed by atoms with Gasteiger partial charge in [-0.25, -0.2) is 9.59 Å². The number of carbonyl (C=O) groups is 2. The number of ether oxygens (including phenoxy) is 5. The van der Waals surface area contributed by atoms with E-state index in [0.29, 0.717) is 10.9 Å². The van der Waals surface area contributed by atoms with E-state index in [1.54, 1.807) is 38.1 Å². The van der Waals surface area contributed by atoms with Gasteiger partial charge in [0.1, 0.15) is 23.1 Å². The zero-order chi connectivity index (χ0) is 26.0. The maximum absolute atomic E-state index is 12.6. The van der Waals surface area contributed by atoms with Crippen LogP contribution in [0, 0.1) is 6.92 Å². The number of benzene rings is 1. The Balaban J connectivity index is 1.57. The average Bonchev–Trinajstić information content (AvgIpc) is 3.28. The predicted octanol–water partition coefficient (Wildman–Crippen LogP) is 1.87. The third kappa shape index (κ3) is 5.27. The van der Waals surface area contributed by atoms with Crippen LogP contribution in [-0.4, -0.2) is 67.0 Å². The molecular formula is C25H27NO10. The SMILES string of the molecule is COC(=O)Cc1cc(=O)oc2cc(O[C@@H]3O[C@@H](C)[C@H](OC)[C@@H](OC(=O)c4ccc(C)[nH]4)[C@H]3O)ccc12. The smallest absolute Gasteiger partial charge is 0.355 e. The summed E-state index contributed by atoms with van der Waals surface area (Å²) in [4.78, 5) is 39.3. The molecular weight excluding hydrogens is 474 g/mol. The number of aryl methyl sites for hydroxylation is 1. The van der Waals surface area contributed by atoms with Crippen LogP contribution in [0.5, 0.6) is 5.75 Å². The second kappa shape index (κ2) is 10.5. The van der Waals surface area contributed by atoms with Crippen molar-refractivity contribution in [2.45, 2.75) is 51.0 Å². The van der Waals surface area contributed by atoms with Crippen molar-refractivity contribution in [2.24, 2.45) is 0 Å². The number of carbonyl (C=O) groups excluding carboxylic acids is 2. The lowest BCUT2D eigenvalue weighted by Gasteiger charge is -2.42. The third-order valence-electron chi connectivity index (χ3n) is 5.93. The molecule has 1 aliphatic heterocycles. The van der Waals surface area contributed by atoms with Gasteiger partial charge >= 0.3 is 17.6 Å². The molecule has 0 unspecified atom stereocenters. The predicted molar refractivity (Wildman–Crippen MR) is 125 cm³/mol. The van der Waals surface area contributed by atoms with Crippen LogP contribution in [0.2, 0.25) is 0 Å². The fourth-order valence-corrected chi connectivity index (χ4v) is 4.15. The van der Waals surface area contributed by atoms with Gasteiger partial charge in [-0.2, -0.15) is 0 Å². The van der Waals surface area contributed by atoms with Gasteiger partial charge in [0.05, 0.1) is 19.6 Å². The van der Waals surface area contributed by atoms with E-state index in [1.807, 2.05) is 0 Å². The topological polar surface area (TPSA) is 147 Å². The van der Waals surface area contributed by atoms with Gasteiger partial charge in [0, 0.05) is 30.3 Å². The summed E-state index contributed by atoms with van der Waals surface area (Å²) in [6.45, 7) is 3.50. The summed E-state index contributed by atoms with van der Waals surface area (Å²) in [6.07, 6.45) is -5.18. The summed E-state index contributed by atoms with van der Waals surface area (Å²) >= 11 is 0. The van der Waals surface area contributed by atoms with Gasteiger partial charge in [-0.1, -0.05) is 0 Å². The van der Waals surface area contributed by atoms with Crippen molar-refractivity contribution in [2.75, 3.05) is 14.2 Å². The molecule has 4 rings (SSSR count). The summed E-state index contributed by atoms with van der Waals surface area (Å²) in [5.41, 5.74) is 0.993. The van der Waals surface area contributed by atoms with Gasteiger partial charge in [-0.05, 0) is 43.7 Å². The van der Waals surface area contributed by atoms with E-state index in [2.05, 4.69) is 9.72 Å². The maximum atomic E-state index is 12.6. The van der Waals surface area contributed by atoms with E-state index in [1.165, 1.54) is 26.4 Å². The molecule has 192 valence electrons. The Morgan fingerprint density at radius 1 is 1.11 bits per heavy atom. The van der Waals surface area contributed by atoms with E-state index in [4.69, 9.17) is 23.4 Å². The lowest BCUT2D eigenvalue weighted by molar-refractivity contribution is -0.272. The molecule has 11 nitrogen and oxygen atoms in total. The largest absolute Gasteiger partial charge is 0.469 e. The van der Waals surface area contributed by atoms with Gasteiger partial charge in [-0.3, -0.25) is 4.79 Å². The number of hydrogen-bond donors (Lipinski definition) is 2. The highest BCUT2D eigenvalue weighted by atomic mass is 16.7. The van der Waals surface area contributed by atoms with Crippen LogP contribution in [0.15, 0.2) is 45.6 Å². The first-order valence-electron chi connectivity index (χ1n) is 11.2. The normalized spacial score (nSPS) is 23.9. The molecule has 1 aliphatic rings. The number of H-pyrrole nitrogens is 1. The number of esters is 2. The molecule has 1 fully saturated rings. The molecule has 0 saturated carbocycles. The average molecular weight is 501 g/mol. The van der Waals surface area contributed by atoms with Crippen LogP contribution < -0.4 is 10.4 Å². The Labute approximate surface area is 205 Å². The van der Waals surface area contributed by atoms with Gasteiger partial charge in [-0.15, -0.1) is 0 Å². The van der Waals surface area contributed by atoms with Gasteiger partial charge in [0.25, 0.3) is 0 Å². The van der Waals surface area contributed by atoms with Crippen molar-refractivity contribution < 1.29 is 42.8 Å². The third-order valence-corrected chi connectivity index (χ3v) is 5.93. The molecule has 0 amide bonds. The molecule has 1 saturated heterocycles. The first-order valence-corrected chi connectivity index (χ1v) is 11.2. The Morgan fingerprint density at radius 2 is 1.89 bits per heavy atom. The molecule has 1 aromatic carbocycles. The summed E-state index contributed by atoms with van der Waals surface area (Å²) < 4.78 is 32.6. The molecule has 36 heavy (non-hydrogen) atoms. The number of aromatic amines is 1. The molecule has 3 heterocycles. The van der Waals surface area contributed by atoms with Crippen LogP contribution in [-0.2, 0) is 30.2 Å². The van der Waals surface area contributed by atoms with Gasteiger partial charge in [0.15, 0.2) is 12.2 Å². The highest BCUT2D eigenvalue weighted by Crippen LogP contribution is 2.30. The lowest BCUT2D eigenvalue weighted by Crippen LogP contribution is -2.60. The molecule has 0 radical (unpaired) electrons. The molecule has 11 heteroatoms. The van der Waals surface area contributed by atoms with Crippen LogP contribution >= 0.6 is 0 Å². The van der Waals surface area contributed by atoms with Gasteiger partial charge < -0.3 is 38.2 Å². The Morgan fingerprint density at radius 3 is 2.56 bits per heavy atom. The minimum atomic E-state index is -1.40. The lowest BCUT2D eigenvalue weighted by atomic mass is 9.99. The second-order valence-electron chi connectivity index (χ2n) is 8.44. The van der Waals surface area contributed by atoms with E-state index in [9.17, 15) is 19.5 Å². The van der Waals surface area contributed by atoms with Crippen molar-refractivity contribution in [1.29, 1.82) is 0 Å². The van der Waals surface area contributed by atoms with E-state index >= 15 is 0 Å². The molecule has 3 aromatic rings. The van der Waals surface area contributed by atoms with Crippen LogP contribution in [0.1, 0.15) is 28.7 Å². The number of fused-ring (bicyclic) bond motifs is 1. The van der Waals surface area contributed by atoms with Crippen LogP contribution in [0.4, 0.5) is 0 Å². The van der Waals surface area contributed by atoms with Crippen molar-refractivity contribution in [1.82, 2.24) is 4.98 Å². The summed E-state index contributed by atoms with van der Waals surface area (Å²) in [5, 5.41) is 11.5. The number of aliphatic hydroxyl groups excluding tert-OH is 1. The molecule has 2 N–H and O–H groups in total. The Hall–Kier alpha value is -3.67. The Bertz CT molecular complexity index is 1310. The number of methoxy groups -OCH3 is 2. The number of nitrogens with one attached hydrogen (secondary N) is 1. The maximum Gasteiger partial charge on any atom is 0.355 e. The first kappa shape index (κ1) is 25.4. The fourth-order valence-electron chi connectivity index (χ4n) is 4.15. The Kier molecular flexibility index (Phi) is 7.43. The first-order chi connectivity index (χ1) is 17.2. The minimum absolute atomic E-state index is 0.105. The molecule has 0 spiro atoms. The van der Waals surface area contributed by atoms with Crippen molar-refractivity contribution in [3.8, 4) is 5.75 Å². The second-order valence-corrected chi connectivity index (χ2v) is 8.44. The summed E-state index contributed by atoms with van der Waals surface area (Å²) in [5.74, 6) is -0.941. The summed E-state index contributed by atoms with van der Waals surface area (Å²) in [6, 6.07) is 9.19. The van der Waals surface area contributed by atoms with E-state index < -0.39 is 48.3 Å². The van der Waals surface area contributed by atoms with Crippen molar-refractivity contribution >= 4 is 22.9 Å². The van der Waals surface area contributed by atoms with E-state index in [-0.39, 0.29) is 23.4 Å². The fraction of sp³-hybridized carbons (Fsp3) is 0.400. The highest BCUT2D eigenvalue weighted by molar-refractivity contribution is 5.88. The van der Waals surface area contributed by atoms with Crippen molar-refractivity contribution in [3.05, 3.63) is 63.8 Å². The van der Waals surface area contributed by atoms with Crippen molar-refractivity contribution in [3.63, 3.8) is 0 Å². The number of hydrogen-bond acceptors (Lipinski definition) is 10. The summed E-state index contributed by atoms with van der Waals surface area (Å²) in [7, 11) is 2.69. The van der Waals surface area contributed by atoms with E-state index in [0.717, 1.165) is 5.69 Å². The zero-order valence-corrected chi connectivity index (χ0v) is 20.2. The molecule has 2 aromatic heterocycles. The molecule has 0 bridgehead atoms. The molecule has 0 aliphatic carbocycles. The minimum Gasteiger partial charge on any atom is -0.469 e. The van der Waals surface area contributed by atoms with Crippen LogP contribution in [0.25, 0.3) is 11.0 Å². The molecule has 5 atom stereocenters. The quantitative estimate of drug-likeness (QED) is 0.363. The zero-order valence-electron chi connectivity index (χ0n) is 20.2.